The maximum Gasteiger partial charge on any atom is 0.123 e. The molecule has 0 fully saturated rings. The number of nitrogens with two attached hydrogens (primary N) is 1. The highest BCUT2D eigenvalue weighted by Crippen LogP contribution is 2.34. The predicted octanol–water partition coefficient (Wildman–Crippen LogP) is 2.44. The Hall–Kier alpha value is -1.39. The molecule has 3 nitrogen and oxygen atoms in total. The quantitative estimate of drug-likeness (QED) is 0.908. The van der Waals surface area contributed by atoms with Crippen molar-refractivity contribution in [3.63, 3.8) is 0 Å². The van der Waals surface area contributed by atoms with Crippen molar-refractivity contribution in [1.29, 1.82) is 0 Å². The van der Waals surface area contributed by atoms with E-state index in [1.807, 2.05) is 16.9 Å². The van der Waals surface area contributed by atoms with Crippen LogP contribution in [0.1, 0.15) is 29.2 Å². The Bertz CT molecular complexity index is 553. The van der Waals surface area contributed by atoms with Crippen molar-refractivity contribution in [3.8, 4) is 0 Å². The zero-order chi connectivity index (χ0) is 11.8. The van der Waals surface area contributed by atoms with Crippen LogP contribution in [0.15, 0.2) is 30.6 Å². The number of hydrogen-bond donors (Lipinski definition) is 1. The lowest BCUT2D eigenvalue weighted by Crippen LogP contribution is -2.08. The van der Waals surface area contributed by atoms with Gasteiger partial charge >= 0.3 is 0 Å². The summed E-state index contributed by atoms with van der Waals surface area (Å²) in [7, 11) is 0. The summed E-state index contributed by atoms with van der Waals surface area (Å²) in [6.07, 6.45) is 5.69. The minimum atomic E-state index is -0.179. The van der Waals surface area contributed by atoms with Gasteiger partial charge in [-0.3, -0.25) is 4.68 Å². The van der Waals surface area contributed by atoms with E-state index in [4.69, 9.17) is 5.73 Å². The average molecular weight is 268 g/mol. The van der Waals surface area contributed by atoms with Gasteiger partial charge in [0.25, 0.3) is 0 Å². The summed E-state index contributed by atoms with van der Waals surface area (Å²) in [4.78, 5) is 0. The smallest absolute Gasteiger partial charge is 0.123 e. The molecule has 1 aliphatic carbocycles. The third-order valence-corrected chi connectivity index (χ3v) is 3.36. The topological polar surface area (TPSA) is 43.8 Å². The first-order valence-corrected chi connectivity index (χ1v) is 5.79. The zero-order valence-electron chi connectivity index (χ0n) is 9.84. The molecule has 18 heavy (non-hydrogen) atoms. The summed E-state index contributed by atoms with van der Waals surface area (Å²) in [6, 6.07) is 5.17. The minimum Gasteiger partial charge on any atom is -0.326 e. The van der Waals surface area contributed by atoms with Crippen molar-refractivity contribution >= 4 is 12.4 Å². The van der Waals surface area contributed by atoms with Crippen molar-refractivity contribution in [1.82, 2.24) is 9.78 Å². The summed E-state index contributed by atoms with van der Waals surface area (Å²) < 4.78 is 15.2. The van der Waals surface area contributed by atoms with Crippen LogP contribution >= 0.6 is 12.4 Å². The Morgan fingerprint density at radius 3 is 3.00 bits per heavy atom. The Kier molecular flexibility index (Phi) is 3.68. The summed E-state index contributed by atoms with van der Waals surface area (Å²) in [5, 5.41) is 4.31. The third kappa shape index (κ3) is 2.13. The molecular weight excluding hydrogens is 253 g/mol. The third-order valence-electron chi connectivity index (χ3n) is 3.36. The maximum atomic E-state index is 13.3. The van der Waals surface area contributed by atoms with Gasteiger partial charge in [0.2, 0.25) is 0 Å². The van der Waals surface area contributed by atoms with Crippen LogP contribution in [-0.2, 0) is 13.0 Å². The first kappa shape index (κ1) is 13.1. The largest absolute Gasteiger partial charge is 0.326 e. The molecule has 2 N–H and O–H groups in total. The van der Waals surface area contributed by atoms with E-state index < -0.39 is 0 Å². The Labute approximate surface area is 111 Å². The molecule has 0 radical (unpaired) electrons. The fourth-order valence-electron chi connectivity index (χ4n) is 2.48. The molecule has 0 aliphatic heterocycles. The fraction of sp³-hybridized carbons (Fsp3) is 0.308. The van der Waals surface area contributed by atoms with E-state index in [2.05, 4.69) is 5.10 Å². The number of nitrogens with zero attached hydrogens (tertiary/aromatic N) is 2. The van der Waals surface area contributed by atoms with Gasteiger partial charge in [-0.25, -0.2) is 4.39 Å². The first-order valence-electron chi connectivity index (χ1n) is 5.79. The second-order valence-corrected chi connectivity index (χ2v) is 4.43. The Morgan fingerprint density at radius 2 is 2.28 bits per heavy atom. The van der Waals surface area contributed by atoms with Gasteiger partial charge in [0.05, 0.1) is 12.2 Å². The van der Waals surface area contributed by atoms with E-state index in [0.717, 1.165) is 24.0 Å². The minimum absolute atomic E-state index is 0. The van der Waals surface area contributed by atoms with Crippen LogP contribution in [0.3, 0.4) is 0 Å². The van der Waals surface area contributed by atoms with E-state index in [1.54, 1.807) is 12.3 Å². The van der Waals surface area contributed by atoms with Crippen LogP contribution in [0, 0.1) is 5.82 Å². The van der Waals surface area contributed by atoms with Gasteiger partial charge in [-0.1, -0.05) is 6.07 Å². The van der Waals surface area contributed by atoms with Gasteiger partial charge in [0.15, 0.2) is 0 Å². The second kappa shape index (κ2) is 5.08. The molecule has 0 amide bonds. The van der Waals surface area contributed by atoms with Crippen LogP contribution in [-0.4, -0.2) is 9.78 Å². The molecule has 1 aliphatic rings. The van der Waals surface area contributed by atoms with Gasteiger partial charge in [-0.2, -0.15) is 5.10 Å². The average Bonchev–Trinajstić information content (AvgIpc) is 2.93. The lowest BCUT2D eigenvalue weighted by Gasteiger charge is -2.12. The number of halogens is 2. The summed E-state index contributed by atoms with van der Waals surface area (Å²) in [5.41, 5.74) is 8.85. The van der Waals surface area contributed by atoms with Crippen molar-refractivity contribution in [2.45, 2.75) is 25.4 Å². The van der Waals surface area contributed by atoms with E-state index in [-0.39, 0.29) is 24.3 Å². The number of aryl methyl sites for hydroxylation is 1. The molecule has 0 bridgehead atoms. The van der Waals surface area contributed by atoms with Crippen molar-refractivity contribution in [3.05, 3.63) is 53.1 Å². The van der Waals surface area contributed by atoms with Crippen LogP contribution in [0.4, 0.5) is 4.39 Å². The number of hydrogen-bond acceptors (Lipinski definition) is 2. The number of rotatable bonds is 2. The Morgan fingerprint density at radius 1 is 1.44 bits per heavy atom. The molecule has 0 saturated carbocycles. The fourth-order valence-corrected chi connectivity index (χ4v) is 2.48. The molecule has 1 heterocycles. The zero-order valence-corrected chi connectivity index (χ0v) is 10.7. The standard InChI is InChI=1S/C13H14FN3.ClH/c14-11-3-1-10-2-4-13(12(10)5-11)17-8-9(6-15)7-16-17;/h1,3,5,7-8,13H,2,4,6,15H2;1H. The van der Waals surface area contributed by atoms with E-state index in [1.165, 1.54) is 11.6 Å². The lowest BCUT2D eigenvalue weighted by molar-refractivity contribution is 0.517. The number of benzene rings is 1. The van der Waals surface area contributed by atoms with Gasteiger partial charge in [0, 0.05) is 18.3 Å². The van der Waals surface area contributed by atoms with E-state index in [9.17, 15) is 4.39 Å². The van der Waals surface area contributed by atoms with Gasteiger partial charge in [0.1, 0.15) is 5.82 Å². The highest BCUT2D eigenvalue weighted by atomic mass is 35.5. The molecule has 2 aromatic rings. The van der Waals surface area contributed by atoms with E-state index in [0.29, 0.717) is 6.54 Å². The molecule has 96 valence electrons. The van der Waals surface area contributed by atoms with Crippen molar-refractivity contribution in [2.24, 2.45) is 5.73 Å². The molecule has 1 atom stereocenters. The molecule has 0 spiro atoms. The normalized spacial score (nSPS) is 17.3. The van der Waals surface area contributed by atoms with Gasteiger partial charge in [-0.05, 0) is 36.1 Å². The highest BCUT2D eigenvalue weighted by molar-refractivity contribution is 5.85. The summed E-state index contributed by atoms with van der Waals surface area (Å²) in [5.74, 6) is -0.179. The molecule has 1 aromatic heterocycles. The van der Waals surface area contributed by atoms with E-state index >= 15 is 0 Å². The molecule has 1 unspecified atom stereocenters. The summed E-state index contributed by atoms with van der Waals surface area (Å²) in [6.45, 7) is 0.489. The van der Waals surface area contributed by atoms with Crippen molar-refractivity contribution in [2.75, 3.05) is 0 Å². The first-order chi connectivity index (χ1) is 8.28. The van der Waals surface area contributed by atoms with Crippen LogP contribution < -0.4 is 5.73 Å². The Balaban J connectivity index is 0.00000120. The molecule has 1 aromatic carbocycles. The monoisotopic (exact) mass is 267 g/mol. The van der Waals surface area contributed by atoms with Gasteiger partial charge < -0.3 is 5.73 Å². The highest BCUT2D eigenvalue weighted by Gasteiger charge is 2.24. The SMILES string of the molecule is Cl.NCc1cnn(C2CCc3ccc(F)cc32)c1. The lowest BCUT2D eigenvalue weighted by atomic mass is 10.1. The summed E-state index contributed by atoms with van der Waals surface area (Å²) >= 11 is 0. The molecular formula is C13H15ClFN3. The van der Waals surface area contributed by atoms with Crippen LogP contribution in [0.25, 0.3) is 0 Å². The van der Waals surface area contributed by atoms with Gasteiger partial charge in [-0.15, -0.1) is 12.4 Å². The number of fused-ring (bicyclic) bond motifs is 1. The molecule has 5 heteroatoms. The molecule has 0 saturated heterocycles. The molecule has 3 rings (SSSR count). The maximum absolute atomic E-state index is 13.3. The predicted molar refractivity (Wildman–Crippen MR) is 70.2 cm³/mol. The van der Waals surface area contributed by atoms with Crippen LogP contribution in [0.2, 0.25) is 0 Å². The second-order valence-electron chi connectivity index (χ2n) is 4.43. The number of aromatic nitrogens is 2. The van der Waals surface area contributed by atoms with Crippen LogP contribution in [0.5, 0.6) is 0 Å². The van der Waals surface area contributed by atoms with Crippen molar-refractivity contribution < 1.29 is 4.39 Å².